The Balaban J connectivity index is 1.98. The molecule has 0 saturated heterocycles. The van der Waals surface area contributed by atoms with Crippen LogP contribution in [-0.4, -0.2) is 16.1 Å². The van der Waals surface area contributed by atoms with Gasteiger partial charge in [-0.05, 0) is 56.0 Å². The standard InChI is InChI=1S/C23H22N4O/c1-12-5-6-14(3)17(9-12)19-18(11-24)22(25)28-23-20(19)21(26-27-23)16-8-7-13(2)15(4)10-16/h5-10,18-19,25H,1-4H3,(H,26,27). The van der Waals surface area contributed by atoms with Crippen molar-refractivity contribution in [3.05, 3.63) is 69.8 Å². The van der Waals surface area contributed by atoms with Crippen LogP contribution in [0, 0.1) is 50.4 Å². The molecule has 2 heterocycles. The van der Waals surface area contributed by atoms with Crippen molar-refractivity contribution >= 4 is 5.90 Å². The Morgan fingerprint density at radius 2 is 1.79 bits per heavy atom. The molecule has 0 aliphatic carbocycles. The fraction of sp³-hybridized carbons (Fsp3) is 0.261. The maximum absolute atomic E-state index is 9.86. The highest BCUT2D eigenvalue weighted by molar-refractivity contribution is 5.86. The fourth-order valence-electron chi connectivity index (χ4n) is 3.87. The SMILES string of the molecule is Cc1ccc(C)c(C2c3c(n[nH]c3-c3ccc(C)c(C)c3)OC(=N)C2C#N)c1. The zero-order chi connectivity index (χ0) is 20.0. The number of H-pyrrole nitrogens is 1. The maximum Gasteiger partial charge on any atom is 0.244 e. The Morgan fingerprint density at radius 1 is 1.04 bits per heavy atom. The number of aromatic amines is 1. The predicted octanol–water partition coefficient (Wildman–Crippen LogP) is 4.95. The van der Waals surface area contributed by atoms with E-state index in [1.54, 1.807) is 0 Å². The topological polar surface area (TPSA) is 85.5 Å². The first-order valence-electron chi connectivity index (χ1n) is 9.29. The van der Waals surface area contributed by atoms with Crippen molar-refractivity contribution in [1.29, 1.82) is 10.7 Å². The molecule has 5 heteroatoms. The molecule has 28 heavy (non-hydrogen) atoms. The monoisotopic (exact) mass is 370 g/mol. The fourth-order valence-corrected chi connectivity index (χ4v) is 3.87. The molecule has 1 aromatic heterocycles. The summed E-state index contributed by atoms with van der Waals surface area (Å²) in [7, 11) is 0. The van der Waals surface area contributed by atoms with Crippen molar-refractivity contribution in [3.63, 3.8) is 0 Å². The number of aryl methyl sites for hydroxylation is 4. The molecule has 0 spiro atoms. The van der Waals surface area contributed by atoms with Crippen LogP contribution < -0.4 is 4.74 Å². The van der Waals surface area contributed by atoms with E-state index in [9.17, 15) is 5.26 Å². The first kappa shape index (κ1) is 18.0. The summed E-state index contributed by atoms with van der Waals surface area (Å²) in [6.45, 7) is 8.23. The summed E-state index contributed by atoms with van der Waals surface area (Å²) < 4.78 is 5.63. The Hall–Kier alpha value is -3.39. The van der Waals surface area contributed by atoms with E-state index in [1.807, 2.05) is 13.8 Å². The van der Waals surface area contributed by atoms with Gasteiger partial charge in [-0.15, -0.1) is 5.10 Å². The lowest BCUT2D eigenvalue weighted by molar-refractivity contribution is 0.436. The van der Waals surface area contributed by atoms with E-state index < -0.39 is 5.92 Å². The van der Waals surface area contributed by atoms with Gasteiger partial charge in [-0.3, -0.25) is 10.5 Å². The molecule has 2 N–H and O–H groups in total. The van der Waals surface area contributed by atoms with Crippen molar-refractivity contribution < 1.29 is 4.74 Å². The Labute approximate surface area is 164 Å². The van der Waals surface area contributed by atoms with Gasteiger partial charge >= 0.3 is 0 Å². The molecule has 0 saturated carbocycles. The molecule has 3 aromatic rings. The lowest BCUT2D eigenvalue weighted by atomic mass is 9.77. The maximum atomic E-state index is 9.86. The number of fused-ring (bicyclic) bond motifs is 1. The van der Waals surface area contributed by atoms with Crippen LogP contribution in [0.25, 0.3) is 11.3 Å². The Bertz CT molecular complexity index is 1140. The van der Waals surface area contributed by atoms with E-state index in [0.29, 0.717) is 5.88 Å². The van der Waals surface area contributed by atoms with Crippen molar-refractivity contribution in [1.82, 2.24) is 10.2 Å². The highest BCUT2D eigenvalue weighted by atomic mass is 16.5. The van der Waals surface area contributed by atoms with Gasteiger partial charge in [0, 0.05) is 11.5 Å². The number of nitrogens with zero attached hydrogens (tertiary/aromatic N) is 2. The van der Waals surface area contributed by atoms with Crippen LogP contribution in [0.1, 0.15) is 39.3 Å². The lowest BCUT2D eigenvalue weighted by Crippen LogP contribution is -2.31. The van der Waals surface area contributed by atoms with Gasteiger partial charge in [0.2, 0.25) is 11.8 Å². The van der Waals surface area contributed by atoms with E-state index in [1.165, 1.54) is 11.1 Å². The van der Waals surface area contributed by atoms with Crippen molar-refractivity contribution in [2.75, 3.05) is 0 Å². The minimum Gasteiger partial charge on any atom is -0.422 e. The minimum atomic E-state index is -0.698. The summed E-state index contributed by atoms with van der Waals surface area (Å²) in [6.07, 6.45) is 0. The summed E-state index contributed by atoms with van der Waals surface area (Å²) in [6, 6.07) is 14.8. The van der Waals surface area contributed by atoms with Gasteiger partial charge in [-0.25, -0.2) is 0 Å². The number of ether oxygens (including phenoxy) is 1. The lowest BCUT2D eigenvalue weighted by Gasteiger charge is -2.29. The quantitative estimate of drug-likeness (QED) is 0.669. The second kappa shape index (κ2) is 6.65. The van der Waals surface area contributed by atoms with Crippen LogP contribution >= 0.6 is 0 Å². The molecule has 0 bridgehead atoms. The largest absolute Gasteiger partial charge is 0.422 e. The molecule has 4 rings (SSSR count). The highest BCUT2D eigenvalue weighted by Gasteiger charge is 2.41. The van der Waals surface area contributed by atoms with Gasteiger partial charge < -0.3 is 4.74 Å². The Morgan fingerprint density at radius 3 is 2.50 bits per heavy atom. The number of hydrogen-bond donors (Lipinski definition) is 2. The third-order valence-corrected chi connectivity index (χ3v) is 5.61. The van der Waals surface area contributed by atoms with E-state index >= 15 is 0 Å². The van der Waals surface area contributed by atoms with Crippen LogP contribution in [0.2, 0.25) is 0 Å². The number of benzene rings is 2. The highest BCUT2D eigenvalue weighted by Crippen LogP contribution is 2.46. The van der Waals surface area contributed by atoms with Crippen LogP contribution in [-0.2, 0) is 0 Å². The summed E-state index contributed by atoms with van der Waals surface area (Å²) in [4.78, 5) is 0. The first-order valence-corrected chi connectivity index (χ1v) is 9.29. The second-order valence-electron chi connectivity index (χ2n) is 7.53. The van der Waals surface area contributed by atoms with E-state index in [0.717, 1.165) is 33.5 Å². The minimum absolute atomic E-state index is 0.0564. The molecule has 2 aromatic carbocycles. The van der Waals surface area contributed by atoms with Crippen molar-refractivity contribution in [2.45, 2.75) is 33.6 Å². The third kappa shape index (κ3) is 2.78. The summed E-state index contributed by atoms with van der Waals surface area (Å²) >= 11 is 0. The molecule has 2 unspecified atom stereocenters. The zero-order valence-electron chi connectivity index (χ0n) is 16.4. The van der Waals surface area contributed by atoms with Crippen LogP contribution in [0.5, 0.6) is 5.88 Å². The van der Waals surface area contributed by atoms with E-state index in [4.69, 9.17) is 10.1 Å². The molecule has 1 aliphatic heterocycles. The summed E-state index contributed by atoms with van der Waals surface area (Å²) in [5.41, 5.74) is 8.34. The molecule has 1 aliphatic rings. The average Bonchev–Trinajstić information content (AvgIpc) is 3.08. The number of nitriles is 1. The average molecular weight is 370 g/mol. The van der Waals surface area contributed by atoms with Crippen molar-refractivity contribution in [2.24, 2.45) is 5.92 Å². The van der Waals surface area contributed by atoms with Gasteiger partial charge in [-0.2, -0.15) is 5.26 Å². The second-order valence-corrected chi connectivity index (χ2v) is 7.53. The molecule has 0 amide bonds. The van der Waals surface area contributed by atoms with Gasteiger partial charge in [-0.1, -0.05) is 35.9 Å². The van der Waals surface area contributed by atoms with Gasteiger partial charge in [0.1, 0.15) is 5.92 Å². The van der Waals surface area contributed by atoms with E-state index in [-0.39, 0.29) is 11.8 Å². The molecule has 0 fully saturated rings. The van der Waals surface area contributed by atoms with Gasteiger partial charge in [0.25, 0.3) is 0 Å². The first-order chi connectivity index (χ1) is 13.4. The predicted molar refractivity (Wildman–Crippen MR) is 109 cm³/mol. The summed E-state index contributed by atoms with van der Waals surface area (Å²) in [5.74, 6) is -0.679. The Kier molecular flexibility index (Phi) is 4.27. The molecular formula is C23H22N4O. The normalized spacial score (nSPS) is 18.3. The third-order valence-electron chi connectivity index (χ3n) is 5.61. The molecule has 2 atom stereocenters. The molecule has 5 nitrogen and oxygen atoms in total. The van der Waals surface area contributed by atoms with Crippen LogP contribution in [0.4, 0.5) is 0 Å². The molecule has 140 valence electrons. The van der Waals surface area contributed by atoms with Crippen LogP contribution in [0.3, 0.4) is 0 Å². The zero-order valence-corrected chi connectivity index (χ0v) is 16.4. The number of hydrogen-bond acceptors (Lipinski definition) is 4. The number of nitrogens with one attached hydrogen (secondary N) is 2. The number of rotatable bonds is 2. The van der Waals surface area contributed by atoms with Crippen LogP contribution in [0.15, 0.2) is 36.4 Å². The number of aromatic nitrogens is 2. The summed E-state index contributed by atoms with van der Waals surface area (Å²) in [5, 5.41) is 25.5. The van der Waals surface area contributed by atoms with E-state index in [2.05, 4.69) is 66.5 Å². The smallest absolute Gasteiger partial charge is 0.244 e. The van der Waals surface area contributed by atoms with Crippen molar-refractivity contribution in [3.8, 4) is 23.2 Å². The van der Waals surface area contributed by atoms with Gasteiger partial charge in [0.15, 0.2) is 0 Å². The molecular weight excluding hydrogens is 348 g/mol. The van der Waals surface area contributed by atoms with Gasteiger partial charge in [0.05, 0.1) is 17.3 Å². The molecule has 0 radical (unpaired) electrons.